The average molecular weight is 478 g/mol. The Morgan fingerprint density at radius 2 is 1.89 bits per heavy atom. The molecule has 35 heavy (non-hydrogen) atoms. The second kappa shape index (κ2) is 12.3. The first kappa shape index (κ1) is 26.2. The van der Waals surface area contributed by atoms with Crippen LogP contribution in [0.25, 0.3) is 11.0 Å². The molecule has 0 fully saturated rings. The van der Waals surface area contributed by atoms with Gasteiger partial charge in [0, 0.05) is 23.2 Å². The Bertz CT molecular complexity index is 1140. The number of carbonyl (C=O) groups excluding carboxylic acids is 1. The summed E-state index contributed by atoms with van der Waals surface area (Å²) in [5.74, 6) is 0.799. The summed E-state index contributed by atoms with van der Waals surface area (Å²) < 4.78 is 11.8. The van der Waals surface area contributed by atoms with Crippen LogP contribution >= 0.6 is 0 Å². The summed E-state index contributed by atoms with van der Waals surface area (Å²) in [4.78, 5) is 22.9. The number of rotatable bonds is 13. The highest BCUT2D eigenvalue weighted by molar-refractivity contribution is 6.39. The van der Waals surface area contributed by atoms with E-state index in [-0.39, 0.29) is 24.9 Å². The second-order valence-corrected chi connectivity index (χ2v) is 9.03. The third-order valence-corrected chi connectivity index (χ3v) is 6.39. The number of furan rings is 1. The van der Waals surface area contributed by atoms with E-state index in [1.54, 1.807) is 19.2 Å². The molecule has 3 aromatic rings. The number of methoxy groups -OCH3 is 1. The molecule has 3 N–H and O–H groups in total. The number of unbranched alkanes of at least 4 members (excludes halogenated alkanes) is 2. The van der Waals surface area contributed by atoms with Crippen LogP contribution in [-0.2, 0) is 4.79 Å². The fourth-order valence-corrected chi connectivity index (χ4v) is 4.27. The number of carboxylic acids is 1. The standard InChI is InChI=1S/C27H35BN2O5/c1-4-5-6-7-17(2)25(26-24(28)21-16-20(34-3)12-13-22(21)35-26)30-19-10-8-18(9-11-19)27(33)29-15-14-23(31)32/h8-13,16-17,25,30H,4-7,14-15,28H2,1-3H3,(H,29,33)(H,31,32). The smallest absolute Gasteiger partial charge is 0.305 e. The highest BCUT2D eigenvalue weighted by atomic mass is 16.5. The van der Waals surface area contributed by atoms with Crippen molar-refractivity contribution in [2.75, 3.05) is 19.0 Å². The highest BCUT2D eigenvalue weighted by Crippen LogP contribution is 2.33. The molecule has 8 heteroatoms. The van der Waals surface area contributed by atoms with E-state index in [9.17, 15) is 9.59 Å². The normalized spacial score (nSPS) is 12.8. The topological polar surface area (TPSA) is 101 Å². The van der Waals surface area contributed by atoms with Crippen LogP contribution in [0.2, 0.25) is 0 Å². The van der Waals surface area contributed by atoms with Crippen molar-refractivity contribution in [3.05, 3.63) is 53.8 Å². The summed E-state index contributed by atoms with van der Waals surface area (Å²) in [7, 11) is 3.74. The van der Waals surface area contributed by atoms with Crippen LogP contribution < -0.4 is 20.8 Å². The number of hydrogen-bond donors (Lipinski definition) is 3. The van der Waals surface area contributed by atoms with E-state index in [0.29, 0.717) is 11.5 Å². The minimum Gasteiger partial charge on any atom is -0.497 e. The third kappa shape index (κ3) is 6.81. The molecule has 0 aliphatic heterocycles. The van der Waals surface area contributed by atoms with Gasteiger partial charge in [-0.2, -0.15) is 0 Å². The van der Waals surface area contributed by atoms with Crippen molar-refractivity contribution in [3.63, 3.8) is 0 Å². The Balaban J connectivity index is 1.83. The van der Waals surface area contributed by atoms with Crippen molar-refractivity contribution in [1.29, 1.82) is 0 Å². The molecular formula is C27H35BN2O5. The van der Waals surface area contributed by atoms with Crippen LogP contribution in [0.5, 0.6) is 5.75 Å². The maximum Gasteiger partial charge on any atom is 0.305 e. The number of nitrogens with one attached hydrogen (secondary N) is 2. The maximum absolute atomic E-state index is 12.3. The van der Waals surface area contributed by atoms with Crippen molar-refractivity contribution in [2.45, 2.75) is 52.0 Å². The first-order valence-electron chi connectivity index (χ1n) is 12.3. The van der Waals surface area contributed by atoms with E-state index in [4.69, 9.17) is 14.3 Å². The van der Waals surface area contributed by atoms with E-state index >= 15 is 0 Å². The maximum atomic E-state index is 12.3. The molecule has 0 bridgehead atoms. The monoisotopic (exact) mass is 478 g/mol. The largest absolute Gasteiger partial charge is 0.497 e. The van der Waals surface area contributed by atoms with Crippen LogP contribution in [-0.4, -0.2) is 38.5 Å². The molecule has 1 amide bonds. The number of ether oxygens (including phenoxy) is 1. The van der Waals surface area contributed by atoms with Gasteiger partial charge < -0.3 is 24.9 Å². The number of amides is 1. The minimum absolute atomic E-state index is 0.0412. The van der Waals surface area contributed by atoms with Crippen LogP contribution in [0.15, 0.2) is 46.9 Å². The van der Waals surface area contributed by atoms with Crippen LogP contribution in [0.4, 0.5) is 5.69 Å². The summed E-state index contributed by atoms with van der Waals surface area (Å²) in [6.07, 6.45) is 4.48. The van der Waals surface area contributed by atoms with Gasteiger partial charge in [0.25, 0.3) is 5.91 Å². The van der Waals surface area contributed by atoms with Crippen molar-refractivity contribution in [1.82, 2.24) is 5.32 Å². The van der Waals surface area contributed by atoms with Gasteiger partial charge in [-0.3, -0.25) is 9.59 Å². The van der Waals surface area contributed by atoms with Crippen molar-refractivity contribution in [3.8, 4) is 5.75 Å². The Morgan fingerprint density at radius 3 is 2.54 bits per heavy atom. The number of benzene rings is 2. The number of carbonyl (C=O) groups is 2. The molecule has 0 aliphatic rings. The number of fused-ring (bicyclic) bond motifs is 1. The van der Waals surface area contributed by atoms with Gasteiger partial charge in [-0.15, -0.1) is 0 Å². The number of hydrogen-bond acceptors (Lipinski definition) is 5. The molecule has 0 saturated heterocycles. The molecule has 0 spiro atoms. The summed E-state index contributed by atoms with van der Waals surface area (Å²) in [5, 5.41) is 16.1. The molecule has 1 heterocycles. The van der Waals surface area contributed by atoms with Crippen LogP contribution in [0.1, 0.15) is 68.1 Å². The lowest BCUT2D eigenvalue weighted by molar-refractivity contribution is -0.136. The van der Waals surface area contributed by atoms with E-state index in [1.807, 2.05) is 30.3 Å². The zero-order chi connectivity index (χ0) is 25.4. The van der Waals surface area contributed by atoms with Crippen molar-refractivity contribution >= 4 is 41.8 Å². The molecular weight excluding hydrogens is 443 g/mol. The average Bonchev–Trinajstić information content (AvgIpc) is 3.17. The number of aliphatic carboxylic acids is 1. The minimum atomic E-state index is -0.941. The van der Waals surface area contributed by atoms with E-state index in [2.05, 4.69) is 32.3 Å². The van der Waals surface area contributed by atoms with Crippen molar-refractivity contribution in [2.24, 2.45) is 5.92 Å². The fraction of sp³-hybridized carbons (Fsp3) is 0.407. The van der Waals surface area contributed by atoms with Gasteiger partial charge in [0.1, 0.15) is 24.9 Å². The van der Waals surface area contributed by atoms with Gasteiger partial charge in [0.15, 0.2) is 0 Å². The van der Waals surface area contributed by atoms with Crippen LogP contribution in [0, 0.1) is 5.92 Å². The zero-order valence-corrected chi connectivity index (χ0v) is 21.0. The Kier molecular flexibility index (Phi) is 9.23. The third-order valence-electron chi connectivity index (χ3n) is 6.39. The van der Waals surface area contributed by atoms with Gasteiger partial charge in [0.2, 0.25) is 0 Å². The highest BCUT2D eigenvalue weighted by Gasteiger charge is 2.26. The molecule has 0 saturated carbocycles. The Hall–Kier alpha value is -3.42. The van der Waals surface area contributed by atoms with Crippen LogP contribution in [0.3, 0.4) is 0 Å². The summed E-state index contributed by atoms with van der Waals surface area (Å²) in [5.41, 5.74) is 3.30. The molecule has 3 rings (SSSR count). The van der Waals surface area contributed by atoms with E-state index in [0.717, 1.165) is 46.5 Å². The number of carboxylic acid groups (broad SMARTS) is 1. The van der Waals surface area contributed by atoms with Gasteiger partial charge in [0.05, 0.1) is 19.6 Å². The van der Waals surface area contributed by atoms with Gasteiger partial charge in [-0.25, -0.2) is 0 Å². The molecule has 0 aliphatic carbocycles. The first-order valence-corrected chi connectivity index (χ1v) is 12.3. The van der Waals surface area contributed by atoms with Gasteiger partial charge >= 0.3 is 5.97 Å². The fourth-order valence-electron chi connectivity index (χ4n) is 4.27. The summed E-state index contributed by atoms with van der Waals surface area (Å²) in [6, 6.07) is 13.1. The zero-order valence-electron chi connectivity index (χ0n) is 21.0. The summed E-state index contributed by atoms with van der Waals surface area (Å²) in [6.45, 7) is 4.54. The van der Waals surface area contributed by atoms with Gasteiger partial charge in [-0.1, -0.05) is 33.1 Å². The lowest BCUT2D eigenvalue weighted by atomic mass is 9.85. The molecule has 186 valence electrons. The predicted octanol–water partition coefficient (Wildman–Crippen LogP) is 4.27. The first-order chi connectivity index (χ1) is 16.8. The Labute approximate surface area is 207 Å². The lowest BCUT2D eigenvalue weighted by Crippen LogP contribution is -2.26. The molecule has 2 atom stereocenters. The van der Waals surface area contributed by atoms with E-state index < -0.39 is 5.97 Å². The molecule has 0 radical (unpaired) electrons. The SMILES string of the molecule is Bc1c(C(Nc2ccc(C(=O)NCCC(=O)O)cc2)C(C)CCCCC)oc2ccc(OC)cc12. The predicted molar refractivity (Wildman–Crippen MR) is 142 cm³/mol. The lowest BCUT2D eigenvalue weighted by Gasteiger charge is -2.25. The molecule has 1 aromatic heterocycles. The van der Waals surface area contributed by atoms with Crippen molar-refractivity contribution < 1.29 is 23.8 Å². The molecule has 2 aromatic carbocycles. The quantitative estimate of drug-likeness (QED) is 0.251. The number of anilines is 1. The Morgan fingerprint density at radius 1 is 1.14 bits per heavy atom. The summed E-state index contributed by atoms with van der Waals surface area (Å²) >= 11 is 0. The van der Waals surface area contributed by atoms with E-state index in [1.165, 1.54) is 12.8 Å². The second-order valence-electron chi connectivity index (χ2n) is 9.03. The molecule has 2 unspecified atom stereocenters. The van der Waals surface area contributed by atoms with Gasteiger partial charge in [-0.05, 0) is 60.3 Å². The molecule has 7 nitrogen and oxygen atoms in total.